The molecule has 0 spiro atoms. The summed E-state index contributed by atoms with van der Waals surface area (Å²) < 4.78 is 5.17. The first kappa shape index (κ1) is 11.9. The molecule has 0 aromatic heterocycles. The molecule has 0 saturated heterocycles. The number of hydrogen-bond donors (Lipinski definition) is 0. The van der Waals surface area contributed by atoms with Crippen molar-refractivity contribution in [1.29, 1.82) is 0 Å². The van der Waals surface area contributed by atoms with Crippen molar-refractivity contribution in [2.24, 2.45) is 23.2 Å². The Kier molecular flexibility index (Phi) is 3.27. The summed E-state index contributed by atoms with van der Waals surface area (Å²) in [5, 5.41) is 0. The molecule has 2 nitrogen and oxygen atoms in total. The van der Waals surface area contributed by atoms with E-state index in [0.29, 0.717) is 18.4 Å². The number of rotatable bonds is 5. The summed E-state index contributed by atoms with van der Waals surface area (Å²) in [7, 11) is 0. The Morgan fingerprint density at radius 2 is 2.25 bits per heavy atom. The van der Waals surface area contributed by atoms with Crippen LogP contribution in [-0.2, 0) is 9.53 Å². The van der Waals surface area contributed by atoms with E-state index in [0.717, 1.165) is 24.2 Å². The van der Waals surface area contributed by atoms with Crippen LogP contribution in [0.3, 0.4) is 0 Å². The lowest BCUT2D eigenvalue weighted by Crippen LogP contribution is -2.10. The van der Waals surface area contributed by atoms with Crippen LogP contribution in [0.5, 0.6) is 0 Å². The van der Waals surface area contributed by atoms with Gasteiger partial charge in [0.1, 0.15) is 0 Å². The number of hydrogen-bond acceptors (Lipinski definition) is 2. The van der Waals surface area contributed by atoms with Gasteiger partial charge in [0.15, 0.2) is 0 Å². The van der Waals surface area contributed by atoms with Crippen LogP contribution < -0.4 is 0 Å². The van der Waals surface area contributed by atoms with Gasteiger partial charge in [0.05, 0.1) is 6.61 Å². The van der Waals surface area contributed by atoms with Gasteiger partial charge in [0.2, 0.25) is 0 Å². The van der Waals surface area contributed by atoms with Crippen molar-refractivity contribution in [3.05, 3.63) is 0 Å². The number of carbonyl (C=O) groups excluding carboxylic acids is 1. The minimum atomic E-state index is -0.0519. The van der Waals surface area contributed by atoms with Crippen molar-refractivity contribution < 1.29 is 9.53 Å². The number of carbonyl (C=O) groups is 1. The van der Waals surface area contributed by atoms with Gasteiger partial charge in [0.25, 0.3) is 0 Å². The van der Waals surface area contributed by atoms with Gasteiger partial charge in [-0.1, -0.05) is 20.8 Å². The van der Waals surface area contributed by atoms with Gasteiger partial charge < -0.3 is 4.74 Å². The lowest BCUT2D eigenvalue weighted by Gasteiger charge is -2.15. The molecule has 2 heteroatoms. The molecule has 0 aliphatic heterocycles. The van der Waals surface area contributed by atoms with Crippen molar-refractivity contribution in [3.8, 4) is 0 Å². The molecule has 2 fully saturated rings. The van der Waals surface area contributed by atoms with Crippen LogP contribution >= 0.6 is 0 Å². The number of fused-ring (bicyclic) bond motifs is 1. The number of ether oxygens (including phenoxy) is 1. The smallest absolute Gasteiger partial charge is 0.305 e. The predicted octanol–water partition coefficient (Wildman–Crippen LogP) is 3.40. The lowest BCUT2D eigenvalue weighted by molar-refractivity contribution is -0.143. The molecule has 0 N–H and O–H groups in total. The summed E-state index contributed by atoms with van der Waals surface area (Å²) in [6.45, 7) is 7.21. The average Bonchev–Trinajstić information content (AvgIpc) is 2.91. The third-order valence-electron chi connectivity index (χ3n) is 4.92. The van der Waals surface area contributed by atoms with Crippen LogP contribution in [0.25, 0.3) is 0 Å². The lowest BCUT2D eigenvalue weighted by atomic mass is 9.90. The van der Waals surface area contributed by atoms with Crippen LogP contribution in [0.4, 0.5) is 0 Å². The topological polar surface area (TPSA) is 26.3 Å². The molecule has 0 heterocycles. The predicted molar refractivity (Wildman–Crippen MR) is 64.0 cm³/mol. The SMILES string of the molecule is CCC(=O)OCCC1CCC2(C(C)C)CC12. The third-order valence-corrected chi connectivity index (χ3v) is 4.92. The van der Waals surface area contributed by atoms with E-state index < -0.39 is 0 Å². The van der Waals surface area contributed by atoms with Gasteiger partial charge in [-0.3, -0.25) is 4.79 Å². The van der Waals surface area contributed by atoms with E-state index in [1.807, 2.05) is 6.92 Å². The van der Waals surface area contributed by atoms with Crippen LogP contribution in [0.1, 0.15) is 52.9 Å². The van der Waals surface area contributed by atoms with E-state index in [-0.39, 0.29) is 5.97 Å². The maximum absolute atomic E-state index is 11.0. The van der Waals surface area contributed by atoms with Gasteiger partial charge >= 0.3 is 5.97 Å². The average molecular weight is 224 g/mol. The summed E-state index contributed by atoms with van der Waals surface area (Å²) >= 11 is 0. The molecular weight excluding hydrogens is 200 g/mol. The van der Waals surface area contributed by atoms with Crippen LogP contribution in [0, 0.1) is 23.2 Å². The highest BCUT2D eigenvalue weighted by atomic mass is 16.5. The molecule has 0 amide bonds. The molecule has 3 unspecified atom stereocenters. The van der Waals surface area contributed by atoms with Gasteiger partial charge in [-0.15, -0.1) is 0 Å². The standard InChI is InChI=1S/C14H24O2/c1-4-13(15)16-8-6-11-5-7-14(10(2)3)9-12(11)14/h10-12H,4-9H2,1-3H3. The zero-order chi connectivity index (χ0) is 11.8. The second-order valence-corrected chi connectivity index (χ2v) is 5.86. The summed E-state index contributed by atoms with van der Waals surface area (Å²) in [4.78, 5) is 11.0. The fraction of sp³-hybridized carbons (Fsp3) is 0.929. The molecular formula is C14H24O2. The van der Waals surface area contributed by atoms with Gasteiger partial charge in [-0.05, 0) is 48.9 Å². The van der Waals surface area contributed by atoms with Crippen molar-refractivity contribution in [3.63, 3.8) is 0 Å². The summed E-state index contributed by atoms with van der Waals surface area (Å²) in [5.41, 5.74) is 0.680. The molecule has 0 radical (unpaired) electrons. The second-order valence-electron chi connectivity index (χ2n) is 5.86. The Bertz CT molecular complexity index is 272. The minimum absolute atomic E-state index is 0.0519. The highest BCUT2D eigenvalue weighted by Crippen LogP contribution is 2.70. The quantitative estimate of drug-likeness (QED) is 0.669. The van der Waals surface area contributed by atoms with E-state index in [1.54, 1.807) is 0 Å². The molecule has 0 bridgehead atoms. The van der Waals surface area contributed by atoms with Crippen LogP contribution in [-0.4, -0.2) is 12.6 Å². The molecule has 92 valence electrons. The minimum Gasteiger partial charge on any atom is -0.466 e. The molecule has 16 heavy (non-hydrogen) atoms. The molecule has 2 rings (SSSR count). The Balaban J connectivity index is 1.72. The van der Waals surface area contributed by atoms with Crippen molar-refractivity contribution >= 4 is 5.97 Å². The summed E-state index contributed by atoms with van der Waals surface area (Å²) in [6.07, 6.45) is 5.78. The van der Waals surface area contributed by atoms with Gasteiger partial charge in [-0.2, -0.15) is 0 Å². The zero-order valence-electron chi connectivity index (χ0n) is 10.8. The molecule has 0 aromatic carbocycles. The first-order valence-electron chi connectivity index (χ1n) is 6.75. The fourth-order valence-electron chi connectivity index (χ4n) is 3.65. The Hall–Kier alpha value is -0.530. The van der Waals surface area contributed by atoms with Gasteiger partial charge in [0, 0.05) is 6.42 Å². The second kappa shape index (κ2) is 4.38. The highest BCUT2D eigenvalue weighted by Gasteiger charge is 2.62. The summed E-state index contributed by atoms with van der Waals surface area (Å²) in [6, 6.07) is 0. The van der Waals surface area contributed by atoms with E-state index >= 15 is 0 Å². The summed E-state index contributed by atoms with van der Waals surface area (Å²) in [5.74, 6) is 2.55. The molecule has 0 aromatic rings. The van der Waals surface area contributed by atoms with Crippen LogP contribution in [0.2, 0.25) is 0 Å². The first-order chi connectivity index (χ1) is 7.60. The van der Waals surface area contributed by atoms with E-state index in [4.69, 9.17) is 4.74 Å². The Morgan fingerprint density at radius 1 is 1.50 bits per heavy atom. The van der Waals surface area contributed by atoms with E-state index in [2.05, 4.69) is 13.8 Å². The monoisotopic (exact) mass is 224 g/mol. The van der Waals surface area contributed by atoms with E-state index in [9.17, 15) is 4.79 Å². The first-order valence-corrected chi connectivity index (χ1v) is 6.75. The molecule has 2 aliphatic carbocycles. The van der Waals surface area contributed by atoms with E-state index in [1.165, 1.54) is 19.3 Å². The Labute approximate surface area is 98.7 Å². The molecule has 2 saturated carbocycles. The van der Waals surface area contributed by atoms with Crippen LogP contribution in [0.15, 0.2) is 0 Å². The third kappa shape index (κ3) is 1.99. The number of esters is 1. The Morgan fingerprint density at radius 3 is 2.75 bits per heavy atom. The van der Waals surface area contributed by atoms with Gasteiger partial charge in [-0.25, -0.2) is 0 Å². The van der Waals surface area contributed by atoms with Crippen molar-refractivity contribution in [2.45, 2.75) is 52.9 Å². The highest BCUT2D eigenvalue weighted by molar-refractivity contribution is 5.68. The molecule has 2 aliphatic rings. The van der Waals surface area contributed by atoms with Crippen molar-refractivity contribution in [2.75, 3.05) is 6.61 Å². The van der Waals surface area contributed by atoms with Crippen molar-refractivity contribution in [1.82, 2.24) is 0 Å². The molecule has 3 atom stereocenters. The maximum atomic E-state index is 11.0. The maximum Gasteiger partial charge on any atom is 0.305 e. The normalized spacial score (nSPS) is 36.2. The zero-order valence-corrected chi connectivity index (χ0v) is 10.8. The fourth-order valence-corrected chi connectivity index (χ4v) is 3.65. The largest absolute Gasteiger partial charge is 0.466 e.